The number of hydrogen-bond acceptors (Lipinski definition) is 6. The van der Waals surface area contributed by atoms with Gasteiger partial charge in [-0.1, -0.05) is 181 Å². The normalized spacial score (nSPS) is 11.2. The third kappa shape index (κ3) is 10.5. The molecule has 0 aliphatic carbocycles. The van der Waals surface area contributed by atoms with E-state index in [4.69, 9.17) is 37.3 Å². The Balaban J connectivity index is 0.000000125. The van der Waals surface area contributed by atoms with Gasteiger partial charge in [0.05, 0.1) is 44.5 Å². The van der Waals surface area contributed by atoms with Gasteiger partial charge in [0.1, 0.15) is 0 Å². The van der Waals surface area contributed by atoms with E-state index in [9.17, 15) is 0 Å². The number of fused-ring (bicyclic) bond motifs is 8. The van der Waals surface area contributed by atoms with Crippen molar-refractivity contribution in [2.24, 2.45) is 0 Å². The first-order valence-corrected chi connectivity index (χ1v) is 28.6. The Kier molecular flexibility index (Phi) is 14.0. The minimum absolute atomic E-state index is 0.706. The van der Waals surface area contributed by atoms with Crippen LogP contribution in [-0.4, -0.2) is 29.1 Å². The highest BCUT2D eigenvalue weighted by atomic mass is 35.5. The molecule has 4 aromatic heterocycles. The second kappa shape index (κ2) is 23.0. The fraction of sp³-hybridized carbons (Fsp3) is 0. The number of nitrogens with one attached hydrogen (secondary N) is 1. The van der Waals surface area contributed by atoms with Gasteiger partial charge in [0.2, 0.25) is 0 Å². The summed E-state index contributed by atoms with van der Waals surface area (Å²) in [6.07, 6.45) is 0. The van der Waals surface area contributed by atoms with E-state index in [0.717, 1.165) is 78.2 Å². The molecule has 9 heteroatoms. The zero-order chi connectivity index (χ0) is 57.1. The standard InChI is InChI=1S/C38H26N4.C20H13ClN2.C18H14N2/c1-3-11-26(12-4-1)37-32-16-7-9-17-34(32)40-38(41-37)27-19-21-28(22-20-27)39-29-23-24-36-33(25-29)31-15-8-10-18-35(31)42(36)30-13-5-2-6-14-30;21-16-12-10-15(11-13-16)20-22-18-9-5-4-8-17(18)19(23-20)14-6-2-1-3-7-14;19-13-10-11-18-16(12-13)15-8-4-5-9-17(15)20(18)14-6-2-1-3-7-14/h1-25,39H;1-13H;1-12H,19H2. The maximum Gasteiger partial charge on any atom is 0.160 e. The van der Waals surface area contributed by atoms with Crippen molar-refractivity contribution in [2.45, 2.75) is 0 Å². The average molecular weight is 1110 g/mol. The maximum atomic E-state index is 5.98. The van der Waals surface area contributed by atoms with Crippen LogP contribution in [0.5, 0.6) is 0 Å². The van der Waals surface area contributed by atoms with E-state index in [2.05, 4.69) is 209 Å². The van der Waals surface area contributed by atoms with Gasteiger partial charge in [-0.05, 0) is 133 Å². The van der Waals surface area contributed by atoms with Crippen molar-refractivity contribution in [2.75, 3.05) is 11.1 Å². The van der Waals surface area contributed by atoms with Crippen molar-refractivity contribution in [3.05, 3.63) is 308 Å². The molecule has 0 aliphatic rings. The molecule has 16 aromatic rings. The topological polar surface area (TPSA) is 99.5 Å². The number of anilines is 3. The number of nitrogens with zero attached hydrogens (tertiary/aromatic N) is 6. The minimum Gasteiger partial charge on any atom is -0.399 e. The lowest BCUT2D eigenvalue weighted by molar-refractivity contribution is 1.18. The minimum atomic E-state index is 0.706. The first kappa shape index (κ1) is 51.9. The van der Waals surface area contributed by atoms with Crippen molar-refractivity contribution in [3.63, 3.8) is 0 Å². The number of nitrogen functional groups attached to an aromatic ring is 1. The van der Waals surface area contributed by atoms with Crippen LogP contribution in [0.1, 0.15) is 0 Å². The molecule has 0 saturated carbocycles. The Morgan fingerprint density at radius 3 is 1.16 bits per heavy atom. The van der Waals surface area contributed by atoms with Crippen molar-refractivity contribution in [1.82, 2.24) is 29.1 Å². The van der Waals surface area contributed by atoms with Crippen LogP contribution in [0.4, 0.5) is 17.1 Å². The van der Waals surface area contributed by atoms with Crippen molar-refractivity contribution in [1.29, 1.82) is 0 Å². The van der Waals surface area contributed by atoms with Gasteiger partial charge in [0.15, 0.2) is 11.6 Å². The molecule has 0 bridgehead atoms. The monoisotopic (exact) mass is 1110 g/mol. The van der Waals surface area contributed by atoms with Gasteiger partial charge in [-0.2, -0.15) is 0 Å². The van der Waals surface area contributed by atoms with Crippen LogP contribution < -0.4 is 11.1 Å². The number of benzene rings is 12. The summed E-state index contributed by atoms with van der Waals surface area (Å²) < 4.78 is 4.61. The second-order valence-corrected chi connectivity index (χ2v) is 21.1. The molecule has 85 heavy (non-hydrogen) atoms. The summed E-state index contributed by atoms with van der Waals surface area (Å²) in [5.74, 6) is 1.42. The van der Waals surface area contributed by atoms with Gasteiger partial charge in [-0.3, -0.25) is 0 Å². The summed E-state index contributed by atoms with van der Waals surface area (Å²) in [6.45, 7) is 0. The van der Waals surface area contributed by atoms with E-state index >= 15 is 0 Å². The van der Waals surface area contributed by atoms with Gasteiger partial charge in [0.25, 0.3) is 0 Å². The largest absolute Gasteiger partial charge is 0.399 e. The zero-order valence-electron chi connectivity index (χ0n) is 46.0. The van der Waals surface area contributed by atoms with Crippen LogP contribution in [0.2, 0.25) is 5.02 Å². The van der Waals surface area contributed by atoms with E-state index in [-0.39, 0.29) is 0 Å². The van der Waals surface area contributed by atoms with Crippen LogP contribution >= 0.6 is 11.6 Å². The van der Waals surface area contributed by atoms with Crippen LogP contribution in [0.3, 0.4) is 0 Å². The Morgan fingerprint density at radius 1 is 0.294 bits per heavy atom. The number of para-hydroxylation sites is 6. The van der Waals surface area contributed by atoms with Gasteiger partial charge < -0.3 is 20.2 Å². The van der Waals surface area contributed by atoms with Crippen molar-refractivity contribution >= 4 is 94.1 Å². The molecule has 404 valence electrons. The summed E-state index contributed by atoms with van der Waals surface area (Å²) in [7, 11) is 0. The molecule has 0 aliphatic heterocycles. The van der Waals surface area contributed by atoms with Crippen LogP contribution in [-0.2, 0) is 0 Å². The molecule has 0 atom stereocenters. The first-order valence-electron chi connectivity index (χ1n) is 28.2. The number of aromatic nitrogens is 6. The fourth-order valence-corrected chi connectivity index (χ4v) is 11.4. The maximum absolute atomic E-state index is 5.98. The van der Waals surface area contributed by atoms with E-state index in [1.165, 1.54) is 49.3 Å². The molecule has 8 nitrogen and oxygen atoms in total. The molecule has 0 amide bonds. The number of nitrogens with two attached hydrogens (primary N) is 1. The van der Waals surface area contributed by atoms with Gasteiger partial charge in [-0.15, -0.1) is 0 Å². The zero-order valence-corrected chi connectivity index (χ0v) is 46.8. The Morgan fingerprint density at radius 2 is 0.671 bits per heavy atom. The number of hydrogen-bond donors (Lipinski definition) is 2. The fourth-order valence-electron chi connectivity index (χ4n) is 11.3. The third-order valence-electron chi connectivity index (χ3n) is 15.2. The van der Waals surface area contributed by atoms with E-state index in [1.807, 2.05) is 109 Å². The highest BCUT2D eigenvalue weighted by Crippen LogP contribution is 2.37. The van der Waals surface area contributed by atoms with E-state index < -0.39 is 0 Å². The van der Waals surface area contributed by atoms with Gasteiger partial charge in [0, 0.05) is 88.0 Å². The highest BCUT2D eigenvalue weighted by molar-refractivity contribution is 6.30. The first-order chi connectivity index (χ1) is 42.0. The van der Waals surface area contributed by atoms with Crippen molar-refractivity contribution < 1.29 is 0 Å². The molecule has 16 rings (SSSR count). The van der Waals surface area contributed by atoms with Gasteiger partial charge >= 0.3 is 0 Å². The van der Waals surface area contributed by atoms with Crippen LogP contribution in [0.25, 0.3) is 122 Å². The SMILES string of the molecule is Clc1ccc(-c2nc(-c3ccccc3)c3ccccc3n2)cc1.Nc1ccc2c(c1)c1ccccc1n2-c1ccccc1.c1ccc(-c2nc(-c3ccc(Nc4ccc5c(c4)c4ccccc4n5-c4ccccc4)cc3)nc3ccccc23)cc1. The second-order valence-electron chi connectivity index (χ2n) is 20.7. The molecular weight excluding hydrogens is 1060 g/mol. The number of halogens is 1. The van der Waals surface area contributed by atoms with Crippen LogP contribution in [0.15, 0.2) is 303 Å². The lowest BCUT2D eigenvalue weighted by atomic mass is 10.1. The molecule has 0 fully saturated rings. The summed E-state index contributed by atoms with van der Waals surface area (Å²) in [4.78, 5) is 19.4. The molecule has 4 heterocycles. The number of rotatable bonds is 8. The van der Waals surface area contributed by atoms with E-state index in [1.54, 1.807) is 0 Å². The molecule has 0 saturated heterocycles. The summed E-state index contributed by atoms with van der Waals surface area (Å²) in [5, 5.41) is 11.3. The molecular formula is C76H53ClN8. The van der Waals surface area contributed by atoms with Crippen molar-refractivity contribution in [3.8, 4) is 56.7 Å². The Hall–Kier alpha value is -11.2. The summed E-state index contributed by atoms with van der Waals surface area (Å²) in [6, 6.07) is 103. The predicted molar refractivity (Wildman–Crippen MR) is 355 cm³/mol. The van der Waals surface area contributed by atoms with Gasteiger partial charge in [-0.25, -0.2) is 19.9 Å². The molecule has 3 N–H and O–H groups in total. The lowest BCUT2D eigenvalue weighted by Gasteiger charge is -2.11. The summed E-state index contributed by atoms with van der Waals surface area (Å²) in [5.41, 5.74) is 23.8. The Labute approximate surface area is 496 Å². The lowest BCUT2D eigenvalue weighted by Crippen LogP contribution is -1.96. The average Bonchev–Trinajstić information content (AvgIpc) is 2.96. The molecule has 12 aromatic carbocycles. The van der Waals surface area contributed by atoms with E-state index in [0.29, 0.717) is 16.7 Å². The predicted octanol–water partition coefficient (Wildman–Crippen LogP) is 19.8. The molecule has 0 radical (unpaired) electrons. The summed E-state index contributed by atoms with van der Waals surface area (Å²) >= 11 is 5.98. The quantitative estimate of drug-likeness (QED) is 0.147. The highest BCUT2D eigenvalue weighted by Gasteiger charge is 2.16. The third-order valence-corrected chi connectivity index (χ3v) is 15.5. The smallest absolute Gasteiger partial charge is 0.160 e. The van der Waals surface area contributed by atoms with Crippen LogP contribution in [0, 0.1) is 0 Å². The molecule has 0 unspecified atom stereocenters. The Bertz CT molecular complexity index is 5030. The molecule has 0 spiro atoms.